The summed E-state index contributed by atoms with van der Waals surface area (Å²) in [5.41, 5.74) is 0. The van der Waals surface area contributed by atoms with E-state index in [1.165, 1.54) is 0 Å². The van der Waals surface area contributed by atoms with Crippen LogP contribution in [0.4, 0.5) is 0 Å². The lowest BCUT2D eigenvalue weighted by Crippen LogP contribution is -2.37. The maximum Gasteiger partial charge on any atom is 0.322 e. The topological polar surface area (TPSA) is 66.4 Å². The summed E-state index contributed by atoms with van der Waals surface area (Å²) in [7, 11) is 0. The molecular formula is C8H13NO3S. The van der Waals surface area contributed by atoms with Crippen molar-refractivity contribution in [1.82, 2.24) is 5.32 Å². The minimum atomic E-state index is -0.992. The van der Waals surface area contributed by atoms with Crippen LogP contribution >= 0.6 is 11.8 Å². The number of nitrogens with one attached hydrogen (secondary N) is 1. The van der Waals surface area contributed by atoms with Crippen molar-refractivity contribution in [3.63, 3.8) is 0 Å². The molecule has 0 aromatic rings. The van der Waals surface area contributed by atoms with E-state index in [9.17, 15) is 9.59 Å². The normalized spacial score (nSPS) is 22.3. The fourth-order valence-corrected chi connectivity index (χ4v) is 2.45. The first-order valence-electron chi connectivity index (χ1n) is 4.31. The van der Waals surface area contributed by atoms with Gasteiger partial charge in [0.25, 0.3) is 0 Å². The monoisotopic (exact) mass is 203 g/mol. The Balaban J connectivity index is 2.25. The molecule has 1 saturated heterocycles. The van der Waals surface area contributed by atoms with Crippen LogP contribution in [0.15, 0.2) is 0 Å². The predicted molar refractivity (Wildman–Crippen MR) is 50.7 cm³/mol. The first kappa shape index (κ1) is 10.4. The van der Waals surface area contributed by atoms with Crippen molar-refractivity contribution in [3.05, 3.63) is 0 Å². The highest BCUT2D eigenvalue weighted by Gasteiger charge is 2.21. The first-order valence-corrected chi connectivity index (χ1v) is 5.36. The molecule has 1 aliphatic heterocycles. The molecule has 1 amide bonds. The van der Waals surface area contributed by atoms with E-state index >= 15 is 0 Å². The molecule has 5 heteroatoms. The number of rotatable bonds is 3. The molecule has 0 aliphatic carbocycles. The van der Waals surface area contributed by atoms with E-state index in [0.29, 0.717) is 0 Å². The standard InChI is InChI=1S/C8H13NO3S/c10-7(11)5-9-8(12)6-3-1-2-4-13-6/h6H,1-5H2,(H,9,12)(H,10,11). The number of carboxylic acids is 1. The molecule has 1 heterocycles. The molecule has 0 aromatic heterocycles. The number of amides is 1. The van der Waals surface area contributed by atoms with E-state index < -0.39 is 5.97 Å². The van der Waals surface area contributed by atoms with Gasteiger partial charge in [0, 0.05) is 0 Å². The average Bonchev–Trinajstić information content (AvgIpc) is 2.15. The molecule has 0 bridgehead atoms. The molecule has 13 heavy (non-hydrogen) atoms. The van der Waals surface area contributed by atoms with Gasteiger partial charge in [0.2, 0.25) is 5.91 Å². The summed E-state index contributed by atoms with van der Waals surface area (Å²) >= 11 is 1.62. The third-order valence-electron chi connectivity index (χ3n) is 1.89. The van der Waals surface area contributed by atoms with E-state index in [0.717, 1.165) is 25.0 Å². The number of thioether (sulfide) groups is 1. The number of carboxylic acid groups (broad SMARTS) is 1. The van der Waals surface area contributed by atoms with Crippen LogP contribution < -0.4 is 5.32 Å². The zero-order valence-electron chi connectivity index (χ0n) is 7.28. The quantitative estimate of drug-likeness (QED) is 0.700. The third kappa shape index (κ3) is 3.67. The van der Waals surface area contributed by atoms with Crippen molar-refractivity contribution < 1.29 is 14.7 Å². The second kappa shape index (κ2) is 5.11. The van der Waals surface area contributed by atoms with Gasteiger partial charge < -0.3 is 10.4 Å². The molecule has 1 aliphatic rings. The van der Waals surface area contributed by atoms with Crippen LogP contribution in [0, 0.1) is 0 Å². The van der Waals surface area contributed by atoms with E-state index in [2.05, 4.69) is 5.32 Å². The van der Waals surface area contributed by atoms with Crippen LogP contribution in [0.2, 0.25) is 0 Å². The van der Waals surface area contributed by atoms with Gasteiger partial charge in [-0.3, -0.25) is 9.59 Å². The molecule has 1 unspecified atom stereocenters. The SMILES string of the molecule is O=C(O)CNC(=O)C1CCCCS1. The van der Waals surface area contributed by atoms with Crippen molar-refractivity contribution >= 4 is 23.6 Å². The minimum Gasteiger partial charge on any atom is -0.480 e. The Bertz CT molecular complexity index is 202. The molecule has 0 radical (unpaired) electrons. The van der Waals surface area contributed by atoms with Gasteiger partial charge in [-0.15, -0.1) is 11.8 Å². The Morgan fingerprint density at radius 2 is 2.23 bits per heavy atom. The number of aliphatic carboxylic acids is 1. The Labute approximate surface area is 81.1 Å². The molecule has 1 rings (SSSR count). The smallest absolute Gasteiger partial charge is 0.322 e. The van der Waals surface area contributed by atoms with Crippen LogP contribution in [0.5, 0.6) is 0 Å². The molecule has 0 spiro atoms. The summed E-state index contributed by atoms with van der Waals surface area (Å²) in [6, 6.07) is 0. The lowest BCUT2D eigenvalue weighted by Gasteiger charge is -2.19. The Kier molecular flexibility index (Phi) is 4.08. The van der Waals surface area contributed by atoms with Crippen LogP contribution in [0.3, 0.4) is 0 Å². The van der Waals surface area contributed by atoms with Gasteiger partial charge in [-0.25, -0.2) is 0 Å². The lowest BCUT2D eigenvalue weighted by atomic mass is 10.2. The van der Waals surface area contributed by atoms with Gasteiger partial charge in [0.15, 0.2) is 0 Å². The second-order valence-electron chi connectivity index (χ2n) is 2.97. The highest BCUT2D eigenvalue weighted by Crippen LogP contribution is 2.24. The van der Waals surface area contributed by atoms with Crippen molar-refractivity contribution in [2.24, 2.45) is 0 Å². The number of hydrogen-bond acceptors (Lipinski definition) is 3. The van der Waals surface area contributed by atoms with Gasteiger partial charge in [-0.2, -0.15) is 0 Å². The van der Waals surface area contributed by atoms with E-state index in [1.54, 1.807) is 11.8 Å². The van der Waals surface area contributed by atoms with Crippen LogP contribution in [-0.2, 0) is 9.59 Å². The molecule has 1 atom stereocenters. The van der Waals surface area contributed by atoms with E-state index in [1.807, 2.05) is 0 Å². The van der Waals surface area contributed by atoms with Crippen LogP contribution in [0.25, 0.3) is 0 Å². The lowest BCUT2D eigenvalue weighted by molar-refractivity contribution is -0.137. The van der Waals surface area contributed by atoms with Gasteiger partial charge in [0.1, 0.15) is 6.54 Å². The maximum atomic E-state index is 11.3. The molecule has 74 valence electrons. The summed E-state index contributed by atoms with van der Waals surface area (Å²) < 4.78 is 0. The predicted octanol–water partition coefficient (Wildman–Crippen LogP) is 0.473. The molecule has 2 N–H and O–H groups in total. The Hall–Kier alpha value is -0.710. The maximum absolute atomic E-state index is 11.3. The largest absolute Gasteiger partial charge is 0.480 e. The third-order valence-corrected chi connectivity index (χ3v) is 3.26. The number of carbonyl (C=O) groups excluding carboxylic acids is 1. The van der Waals surface area contributed by atoms with Crippen molar-refractivity contribution in [2.75, 3.05) is 12.3 Å². The Morgan fingerprint density at radius 3 is 2.77 bits per heavy atom. The van der Waals surface area contributed by atoms with Gasteiger partial charge in [-0.05, 0) is 18.6 Å². The van der Waals surface area contributed by atoms with E-state index in [-0.39, 0.29) is 17.7 Å². The van der Waals surface area contributed by atoms with Crippen molar-refractivity contribution in [1.29, 1.82) is 0 Å². The highest BCUT2D eigenvalue weighted by molar-refractivity contribution is 8.00. The molecule has 1 fully saturated rings. The fourth-order valence-electron chi connectivity index (χ4n) is 1.22. The number of carbonyl (C=O) groups is 2. The van der Waals surface area contributed by atoms with Crippen LogP contribution in [-0.4, -0.2) is 34.5 Å². The summed E-state index contributed by atoms with van der Waals surface area (Å²) in [6.45, 7) is -0.268. The highest BCUT2D eigenvalue weighted by atomic mass is 32.2. The summed E-state index contributed by atoms with van der Waals surface area (Å²) in [5.74, 6) is -0.119. The summed E-state index contributed by atoms with van der Waals surface area (Å²) in [4.78, 5) is 21.5. The minimum absolute atomic E-state index is 0.0342. The molecular weight excluding hydrogens is 190 g/mol. The molecule has 0 saturated carbocycles. The molecule has 4 nitrogen and oxygen atoms in total. The summed E-state index contributed by atoms with van der Waals surface area (Å²) in [5, 5.41) is 10.7. The molecule has 0 aromatic carbocycles. The van der Waals surface area contributed by atoms with Crippen molar-refractivity contribution in [3.8, 4) is 0 Å². The van der Waals surface area contributed by atoms with Crippen molar-refractivity contribution in [2.45, 2.75) is 24.5 Å². The van der Waals surface area contributed by atoms with Gasteiger partial charge in [-0.1, -0.05) is 6.42 Å². The van der Waals surface area contributed by atoms with Gasteiger partial charge >= 0.3 is 5.97 Å². The van der Waals surface area contributed by atoms with E-state index in [4.69, 9.17) is 5.11 Å². The zero-order chi connectivity index (χ0) is 9.68. The second-order valence-corrected chi connectivity index (χ2v) is 4.28. The van der Waals surface area contributed by atoms with Crippen LogP contribution in [0.1, 0.15) is 19.3 Å². The Morgan fingerprint density at radius 1 is 1.46 bits per heavy atom. The fraction of sp³-hybridized carbons (Fsp3) is 0.750. The summed E-state index contributed by atoms with van der Waals surface area (Å²) in [6.07, 6.45) is 3.10. The van der Waals surface area contributed by atoms with Gasteiger partial charge in [0.05, 0.1) is 5.25 Å². The zero-order valence-corrected chi connectivity index (χ0v) is 8.10. The average molecular weight is 203 g/mol. The number of hydrogen-bond donors (Lipinski definition) is 2. The first-order chi connectivity index (χ1) is 6.20.